The highest BCUT2D eigenvalue weighted by Gasteiger charge is 2.20. The first-order chi connectivity index (χ1) is 9.22. The Morgan fingerprint density at radius 1 is 1.63 bits per heavy atom. The van der Waals surface area contributed by atoms with Crippen LogP contribution in [0.4, 0.5) is 5.13 Å². The molecule has 0 saturated heterocycles. The van der Waals surface area contributed by atoms with Gasteiger partial charge < -0.3 is 5.73 Å². The molecule has 1 amide bonds. The van der Waals surface area contributed by atoms with Gasteiger partial charge in [0.1, 0.15) is 5.01 Å². The Labute approximate surface area is 116 Å². The zero-order valence-corrected chi connectivity index (χ0v) is 11.8. The molecule has 104 valence electrons. The number of hydrogen-bond acceptors (Lipinski definition) is 6. The predicted octanol–water partition coefficient (Wildman–Crippen LogP) is 0.628. The Morgan fingerprint density at radius 3 is 3.16 bits per heavy atom. The van der Waals surface area contributed by atoms with Gasteiger partial charge in [-0.05, 0) is 12.8 Å². The zero-order valence-electron chi connectivity index (χ0n) is 11.0. The van der Waals surface area contributed by atoms with E-state index in [1.54, 1.807) is 0 Å². The first-order valence-corrected chi connectivity index (χ1v) is 7.27. The second kappa shape index (κ2) is 6.74. The Balaban J connectivity index is 1.88. The van der Waals surface area contributed by atoms with Crippen molar-refractivity contribution in [2.75, 3.05) is 25.0 Å². The lowest BCUT2D eigenvalue weighted by atomic mass is 10.1. The second-order valence-electron chi connectivity index (χ2n) is 4.39. The van der Waals surface area contributed by atoms with Crippen molar-refractivity contribution in [1.82, 2.24) is 15.1 Å². The van der Waals surface area contributed by atoms with Crippen LogP contribution in [0.3, 0.4) is 0 Å². The van der Waals surface area contributed by atoms with Crippen LogP contribution in [0.1, 0.15) is 18.4 Å². The molecule has 6 nitrogen and oxygen atoms in total. The predicted molar refractivity (Wildman–Crippen MR) is 76.1 cm³/mol. The van der Waals surface area contributed by atoms with Crippen molar-refractivity contribution < 1.29 is 4.79 Å². The number of aromatic nitrogens is 2. The first-order valence-electron chi connectivity index (χ1n) is 6.46. The van der Waals surface area contributed by atoms with E-state index in [0.717, 1.165) is 24.4 Å². The van der Waals surface area contributed by atoms with Gasteiger partial charge in [-0.25, -0.2) is 0 Å². The molecule has 7 heteroatoms. The molecule has 0 spiro atoms. The molecule has 0 fully saturated rings. The molecule has 3 N–H and O–H groups in total. The monoisotopic (exact) mass is 281 g/mol. The Bertz CT molecular complexity index is 459. The average molecular weight is 281 g/mol. The van der Waals surface area contributed by atoms with Gasteiger partial charge in [0, 0.05) is 19.1 Å². The molecule has 2 rings (SSSR count). The van der Waals surface area contributed by atoms with Crippen LogP contribution in [-0.2, 0) is 11.2 Å². The van der Waals surface area contributed by atoms with Crippen LogP contribution in [0.5, 0.6) is 0 Å². The molecule has 0 bridgehead atoms. The van der Waals surface area contributed by atoms with Crippen LogP contribution in [0, 0.1) is 0 Å². The van der Waals surface area contributed by atoms with Gasteiger partial charge in [0.25, 0.3) is 0 Å². The highest BCUT2D eigenvalue weighted by atomic mass is 32.1. The van der Waals surface area contributed by atoms with Gasteiger partial charge >= 0.3 is 0 Å². The third-order valence-corrected chi connectivity index (χ3v) is 4.00. The fourth-order valence-corrected chi connectivity index (χ4v) is 2.69. The fourth-order valence-electron chi connectivity index (χ4n) is 2.00. The molecule has 19 heavy (non-hydrogen) atoms. The SMILES string of the molecule is CCc1nnc(NC(=O)CN2CCC=CC2CN)s1. The number of hydrogen-bond donors (Lipinski definition) is 2. The fraction of sp³-hybridized carbons (Fsp3) is 0.583. The minimum Gasteiger partial charge on any atom is -0.329 e. The van der Waals surface area contributed by atoms with Crippen molar-refractivity contribution in [3.8, 4) is 0 Å². The standard InChI is InChI=1S/C12H19N5OS/c1-2-11-15-16-12(19-11)14-10(18)8-17-6-4-3-5-9(17)7-13/h3,5,9H,2,4,6-8,13H2,1H3,(H,14,16,18). The highest BCUT2D eigenvalue weighted by Crippen LogP contribution is 2.15. The lowest BCUT2D eigenvalue weighted by molar-refractivity contribution is -0.117. The van der Waals surface area contributed by atoms with E-state index in [2.05, 4.69) is 32.6 Å². The summed E-state index contributed by atoms with van der Waals surface area (Å²) in [5.74, 6) is -0.0625. The summed E-state index contributed by atoms with van der Waals surface area (Å²) in [6.45, 7) is 3.75. The molecule has 0 aliphatic carbocycles. The lowest BCUT2D eigenvalue weighted by Crippen LogP contribution is -2.45. The molecule has 0 saturated carbocycles. The Kier molecular flexibility index (Phi) is 5.00. The zero-order chi connectivity index (χ0) is 13.7. The summed E-state index contributed by atoms with van der Waals surface area (Å²) in [7, 11) is 0. The number of nitrogens with one attached hydrogen (secondary N) is 1. The minimum absolute atomic E-state index is 0.0625. The van der Waals surface area contributed by atoms with Crippen molar-refractivity contribution in [2.45, 2.75) is 25.8 Å². The van der Waals surface area contributed by atoms with Crippen LogP contribution >= 0.6 is 11.3 Å². The molecule has 1 aliphatic rings. The van der Waals surface area contributed by atoms with Gasteiger partial charge in [0.2, 0.25) is 11.0 Å². The summed E-state index contributed by atoms with van der Waals surface area (Å²) >= 11 is 1.42. The minimum atomic E-state index is -0.0625. The Morgan fingerprint density at radius 2 is 2.47 bits per heavy atom. The van der Waals surface area contributed by atoms with Gasteiger partial charge in [-0.15, -0.1) is 10.2 Å². The van der Waals surface area contributed by atoms with Gasteiger partial charge in [0.15, 0.2) is 0 Å². The largest absolute Gasteiger partial charge is 0.329 e. The van der Waals surface area contributed by atoms with E-state index in [1.165, 1.54) is 11.3 Å². The maximum Gasteiger partial charge on any atom is 0.240 e. The number of carbonyl (C=O) groups excluding carboxylic acids is 1. The van der Waals surface area contributed by atoms with E-state index in [9.17, 15) is 4.79 Å². The van der Waals surface area contributed by atoms with E-state index in [4.69, 9.17) is 5.73 Å². The second-order valence-corrected chi connectivity index (χ2v) is 5.46. The number of rotatable bonds is 5. The number of carbonyl (C=O) groups is 1. The quantitative estimate of drug-likeness (QED) is 0.773. The van der Waals surface area contributed by atoms with Gasteiger partial charge in [0.05, 0.1) is 6.54 Å². The summed E-state index contributed by atoms with van der Waals surface area (Å²) < 4.78 is 0. The third kappa shape index (κ3) is 3.82. The van der Waals surface area contributed by atoms with E-state index in [0.29, 0.717) is 18.2 Å². The molecule has 1 aromatic heterocycles. The topological polar surface area (TPSA) is 84.1 Å². The molecule has 1 atom stereocenters. The summed E-state index contributed by atoms with van der Waals surface area (Å²) in [4.78, 5) is 14.0. The molecule has 1 aromatic rings. The van der Waals surface area contributed by atoms with Crippen molar-refractivity contribution >= 4 is 22.4 Å². The highest BCUT2D eigenvalue weighted by molar-refractivity contribution is 7.15. The first kappa shape index (κ1) is 14.1. The molecule has 1 unspecified atom stereocenters. The summed E-state index contributed by atoms with van der Waals surface area (Å²) in [5, 5.41) is 12.2. The van der Waals surface area contributed by atoms with Gasteiger partial charge in [-0.1, -0.05) is 30.4 Å². The summed E-state index contributed by atoms with van der Waals surface area (Å²) in [5.41, 5.74) is 5.70. The molecule has 0 radical (unpaired) electrons. The van der Waals surface area contributed by atoms with Crippen LogP contribution in [0.2, 0.25) is 0 Å². The van der Waals surface area contributed by atoms with E-state index in [-0.39, 0.29) is 11.9 Å². The normalized spacial score (nSPS) is 19.6. The number of aryl methyl sites for hydroxylation is 1. The van der Waals surface area contributed by atoms with Crippen LogP contribution in [0.25, 0.3) is 0 Å². The molecule has 1 aliphatic heterocycles. The van der Waals surface area contributed by atoms with E-state index in [1.807, 2.05) is 6.92 Å². The smallest absolute Gasteiger partial charge is 0.240 e. The van der Waals surface area contributed by atoms with Crippen molar-refractivity contribution in [3.63, 3.8) is 0 Å². The molecular formula is C12H19N5OS. The number of nitrogens with zero attached hydrogens (tertiary/aromatic N) is 3. The maximum atomic E-state index is 12.0. The summed E-state index contributed by atoms with van der Waals surface area (Å²) in [6, 6.07) is 0.153. The van der Waals surface area contributed by atoms with E-state index >= 15 is 0 Å². The summed E-state index contributed by atoms with van der Waals surface area (Å²) in [6.07, 6.45) is 5.98. The van der Waals surface area contributed by atoms with E-state index < -0.39 is 0 Å². The van der Waals surface area contributed by atoms with Crippen LogP contribution in [0.15, 0.2) is 12.2 Å². The van der Waals surface area contributed by atoms with Crippen molar-refractivity contribution in [3.05, 3.63) is 17.2 Å². The molecular weight excluding hydrogens is 262 g/mol. The molecule has 0 aromatic carbocycles. The third-order valence-electron chi connectivity index (χ3n) is 3.01. The molecule has 2 heterocycles. The van der Waals surface area contributed by atoms with Crippen LogP contribution < -0.4 is 11.1 Å². The lowest BCUT2D eigenvalue weighted by Gasteiger charge is -2.30. The van der Waals surface area contributed by atoms with Crippen molar-refractivity contribution in [2.24, 2.45) is 5.73 Å². The van der Waals surface area contributed by atoms with Gasteiger partial charge in [-0.3, -0.25) is 15.0 Å². The van der Waals surface area contributed by atoms with Crippen molar-refractivity contribution in [1.29, 1.82) is 0 Å². The maximum absolute atomic E-state index is 12.0. The van der Waals surface area contributed by atoms with Gasteiger partial charge in [-0.2, -0.15) is 0 Å². The number of nitrogens with two attached hydrogens (primary N) is 1. The number of amides is 1. The Hall–Kier alpha value is -1.31. The van der Waals surface area contributed by atoms with Crippen LogP contribution in [-0.4, -0.2) is 46.7 Å². The average Bonchev–Trinajstić information content (AvgIpc) is 2.87. The number of anilines is 1.